The van der Waals surface area contributed by atoms with E-state index in [4.69, 9.17) is 4.74 Å². The first-order valence-corrected chi connectivity index (χ1v) is 7.37. The third-order valence-electron chi connectivity index (χ3n) is 2.24. The van der Waals surface area contributed by atoms with E-state index in [0.717, 1.165) is 12.8 Å². The van der Waals surface area contributed by atoms with Gasteiger partial charge in [0.25, 0.3) is 0 Å². The Bertz CT molecular complexity index is 274. The van der Waals surface area contributed by atoms with Crippen LogP contribution >= 0.6 is 15.9 Å². The highest BCUT2D eigenvalue weighted by Gasteiger charge is 2.44. The molecule has 0 heterocycles. The van der Waals surface area contributed by atoms with Crippen molar-refractivity contribution in [3.05, 3.63) is 0 Å². The average Bonchev–Trinajstić information content (AvgIpc) is 2.85. The molecule has 0 radical (unpaired) electrons. The number of nitrogens with one attached hydrogen (secondary N) is 1. The van der Waals surface area contributed by atoms with Crippen LogP contribution in [0.15, 0.2) is 0 Å². The first kappa shape index (κ1) is 12.4. The lowest BCUT2D eigenvalue weighted by Gasteiger charge is -2.14. The number of hydrogen-bond acceptors (Lipinski definition) is 3. The summed E-state index contributed by atoms with van der Waals surface area (Å²) >= 11 is 3.32. The van der Waals surface area contributed by atoms with Crippen LogP contribution in [0.5, 0.6) is 0 Å². The van der Waals surface area contributed by atoms with Crippen LogP contribution in [-0.2, 0) is 14.8 Å². The van der Waals surface area contributed by atoms with Crippen molar-refractivity contribution in [2.45, 2.75) is 24.8 Å². The van der Waals surface area contributed by atoms with Crippen molar-refractivity contribution in [1.82, 2.24) is 4.72 Å². The molecule has 1 rings (SSSR count). The molecule has 0 aromatic carbocycles. The molecule has 0 aliphatic heterocycles. The topological polar surface area (TPSA) is 55.4 Å². The van der Waals surface area contributed by atoms with Gasteiger partial charge in [0.1, 0.15) is 0 Å². The molecular weight excluding hydrogens is 270 g/mol. The largest absolute Gasteiger partial charge is 0.385 e. The monoisotopic (exact) mass is 285 g/mol. The van der Waals surface area contributed by atoms with Crippen LogP contribution in [0.25, 0.3) is 0 Å². The molecule has 0 saturated heterocycles. The van der Waals surface area contributed by atoms with E-state index >= 15 is 0 Å². The third-order valence-corrected chi connectivity index (χ3v) is 4.89. The lowest BCUT2D eigenvalue weighted by atomic mass is 10.4. The maximum Gasteiger partial charge on any atom is 0.212 e. The molecule has 0 spiro atoms. The van der Waals surface area contributed by atoms with Crippen LogP contribution in [0.1, 0.15) is 19.3 Å². The maximum atomic E-state index is 11.5. The van der Waals surface area contributed by atoms with Crippen LogP contribution in [0.4, 0.5) is 0 Å². The molecule has 84 valence electrons. The third kappa shape index (κ3) is 3.84. The zero-order valence-corrected chi connectivity index (χ0v) is 10.7. The van der Waals surface area contributed by atoms with Crippen molar-refractivity contribution in [2.24, 2.45) is 0 Å². The van der Waals surface area contributed by atoms with Crippen molar-refractivity contribution in [2.75, 3.05) is 24.8 Å². The summed E-state index contributed by atoms with van der Waals surface area (Å²) in [6, 6.07) is 0. The van der Waals surface area contributed by atoms with Gasteiger partial charge >= 0.3 is 0 Å². The van der Waals surface area contributed by atoms with Crippen molar-refractivity contribution in [3.63, 3.8) is 0 Å². The maximum absolute atomic E-state index is 11.5. The zero-order chi connectivity index (χ0) is 10.7. The SMILES string of the molecule is COCCCS(=O)(=O)NC1(CBr)CC1. The summed E-state index contributed by atoms with van der Waals surface area (Å²) in [6.45, 7) is 0.488. The molecule has 14 heavy (non-hydrogen) atoms. The summed E-state index contributed by atoms with van der Waals surface area (Å²) in [4.78, 5) is 0. The number of sulfonamides is 1. The van der Waals surface area contributed by atoms with Crippen molar-refractivity contribution >= 4 is 26.0 Å². The first-order chi connectivity index (χ1) is 6.54. The van der Waals surface area contributed by atoms with Gasteiger partial charge in [-0.05, 0) is 19.3 Å². The fourth-order valence-corrected chi connectivity index (χ4v) is 3.61. The summed E-state index contributed by atoms with van der Waals surface area (Å²) in [5.41, 5.74) is -0.189. The first-order valence-electron chi connectivity index (χ1n) is 4.60. The molecule has 4 nitrogen and oxygen atoms in total. The number of ether oxygens (including phenoxy) is 1. The van der Waals surface area contributed by atoms with Gasteiger partial charge in [0.05, 0.1) is 5.75 Å². The summed E-state index contributed by atoms with van der Waals surface area (Å²) in [5, 5.41) is 0.698. The lowest BCUT2D eigenvalue weighted by Crippen LogP contribution is -2.39. The molecule has 1 saturated carbocycles. The molecular formula is C8H16BrNO3S. The predicted octanol–water partition coefficient (Wildman–Crippen LogP) is 0.870. The Labute approximate surface area is 93.6 Å². The van der Waals surface area contributed by atoms with Crippen LogP contribution in [0.3, 0.4) is 0 Å². The van der Waals surface area contributed by atoms with Crippen molar-refractivity contribution in [3.8, 4) is 0 Å². The molecule has 0 atom stereocenters. The highest BCUT2D eigenvalue weighted by molar-refractivity contribution is 9.09. The molecule has 0 unspecified atom stereocenters. The summed E-state index contributed by atoms with van der Waals surface area (Å²) < 4.78 is 30.6. The number of hydrogen-bond donors (Lipinski definition) is 1. The Morgan fingerprint density at radius 2 is 2.14 bits per heavy atom. The van der Waals surface area contributed by atoms with Gasteiger partial charge in [-0.1, -0.05) is 15.9 Å². The summed E-state index contributed by atoms with van der Waals surface area (Å²) in [5.74, 6) is 0.148. The molecule has 1 fully saturated rings. The van der Waals surface area contributed by atoms with Gasteiger partial charge < -0.3 is 4.74 Å². The minimum absolute atomic E-state index is 0.148. The summed E-state index contributed by atoms with van der Waals surface area (Å²) in [7, 11) is -1.55. The molecule has 1 aliphatic rings. The molecule has 0 aromatic heterocycles. The summed E-state index contributed by atoms with van der Waals surface area (Å²) in [6.07, 6.45) is 2.41. The van der Waals surface area contributed by atoms with Crippen molar-refractivity contribution in [1.29, 1.82) is 0 Å². The van der Waals surface area contributed by atoms with E-state index in [-0.39, 0.29) is 11.3 Å². The highest BCUT2D eigenvalue weighted by Crippen LogP contribution is 2.37. The van der Waals surface area contributed by atoms with Crippen LogP contribution < -0.4 is 4.72 Å². The van der Waals surface area contributed by atoms with Gasteiger partial charge in [0.15, 0.2) is 0 Å². The second-order valence-corrected chi connectivity index (χ2v) is 6.08. The van der Waals surface area contributed by atoms with E-state index in [0.29, 0.717) is 18.4 Å². The molecule has 0 amide bonds. The Morgan fingerprint density at radius 1 is 1.50 bits per heavy atom. The number of alkyl halides is 1. The lowest BCUT2D eigenvalue weighted by molar-refractivity contribution is 0.199. The quantitative estimate of drug-likeness (QED) is 0.558. The fraction of sp³-hybridized carbons (Fsp3) is 1.00. The van der Waals surface area contributed by atoms with E-state index in [1.54, 1.807) is 7.11 Å². The van der Waals surface area contributed by atoms with Crippen LogP contribution in [0, 0.1) is 0 Å². The van der Waals surface area contributed by atoms with E-state index in [1.807, 2.05) is 0 Å². The van der Waals surface area contributed by atoms with Gasteiger partial charge in [0, 0.05) is 24.6 Å². The van der Waals surface area contributed by atoms with Crippen LogP contribution in [-0.4, -0.2) is 38.8 Å². The van der Waals surface area contributed by atoms with E-state index < -0.39 is 10.0 Å². The fourth-order valence-electron chi connectivity index (χ4n) is 1.19. The average molecular weight is 286 g/mol. The Balaban J connectivity index is 2.34. The zero-order valence-electron chi connectivity index (χ0n) is 8.25. The molecule has 1 aliphatic carbocycles. The van der Waals surface area contributed by atoms with E-state index in [2.05, 4.69) is 20.7 Å². The minimum Gasteiger partial charge on any atom is -0.385 e. The highest BCUT2D eigenvalue weighted by atomic mass is 79.9. The number of halogens is 1. The van der Waals surface area contributed by atoms with Gasteiger partial charge in [-0.25, -0.2) is 13.1 Å². The second kappa shape index (κ2) is 4.92. The Kier molecular flexibility index (Phi) is 4.36. The van der Waals surface area contributed by atoms with E-state index in [9.17, 15) is 8.42 Å². The number of rotatable bonds is 7. The second-order valence-electron chi connectivity index (χ2n) is 3.68. The predicted molar refractivity (Wildman–Crippen MR) is 59.2 cm³/mol. The molecule has 1 N–H and O–H groups in total. The minimum atomic E-state index is -3.12. The van der Waals surface area contributed by atoms with Gasteiger partial charge in [-0.3, -0.25) is 0 Å². The number of methoxy groups -OCH3 is 1. The molecule has 6 heteroatoms. The van der Waals surface area contributed by atoms with E-state index in [1.165, 1.54) is 0 Å². The normalized spacial score (nSPS) is 19.6. The standard InChI is InChI=1S/C8H16BrNO3S/c1-13-5-2-6-14(11,12)10-8(7-9)3-4-8/h10H,2-7H2,1H3. The smallest absolute Gasteiger partial charge is 0.212 e. The van der Waals surface area contributed by atoms with Gasteiger partial charge in [-0.15, -0.1) is 0 Å². The molecule has 0 aromatic rings. The van der Waals surface area contributed by atoms with Gasteiger partial charge in [0.2, 0.25) is 10.0 Å². The van der Waals surface area contributed by atoms with Crippen molar-refractivity contribution < 1.29 is 13.2 Å². The van der Waals surface area contributed by atoms with Crippen LogP contribution in [0.2, 0.25) is 0 Å². The molecule has 0 bridgehead atoms. The Hall–Kier alpha value is 0.350. The van der Waals surface area contributed by atoms with Gasteiger partial charge in [-0.2, -0.15) is 0 Å². The Morgan fingerprint density at radius 3 is 2.57 bits per heavy atom.